The van der Waals surface area contributed by atoms with Crippen LogP contribution in [-0.2, 0) is 9.53 Å². The lowest BCUT2D eigenvalue weighted by Gasteiger charge is -2.28. The molecule has 0 aromatic heterocycles. The summed E-state index contributed by atoms with van der Waals surface area (Å²) in [5.74, 6) is 0.0433. The number of carbonyl (C=O) groups is 1. The molecule has 1 amide bonds. The van der Waals surface area contributed by atoms with Crippen molar-refractivity contribution < 1.29 is 9.53 Å². The Hall–Kier alpha value is -1.39. The van der Waals surface area contributed by atoms with Crippen molar-refractivity contribution in [3.63, 3.8) is 0 Å². The van der Waals surface area contributed by atoms with Crippen molar-refractivity contribution in [2.24, 2.45) is 0 Å². The van der Waals surface area contributed by atoms with Crippen molar-refractivity contribution in [2.45, 2.75) is 45.2 Å². The van der Waals surface area contributed by atoms with Crippen molar-refractivity contribution in [1.29, 1.82) is 0 Å². The van der Waals surface area contributed by atoms with Gasteiger partial charge in [0.15, 0.2) is 0 Å². The standard InChI is InChI=1S/C16H24N2O2/c1-12-6-4-5-7-14(12)17-15(19)10-13(2)18-16(3)8-9-20-11-16/h4-7,13,18H,8-11H2,1-3H3,(H,17,19)/t13-,16+/m0/s1. The Morgan fingerprint density at radius 2 is 2.20 bits per heavy atom. The average Bonchev–Trinajstić information content (AvgIpc) is 2.78. The Morgan fingerprint density at radius 3 is 2.85 bits per heavy atom. The minimum Gasteiger partial charge on any atom is -0.379 e. The smallest absolute Gasteiger partial charge is 0.225 e. The maximum absolute atomic E-state index is 12.1. The molecule has 1 heterocycles. The molecule has 4 nitrogen and oxygen atoms in total. The molecular formula is C16H24N2O2. The van der Waals surface area contributed by atoms with E-state index in [1.807, 2.05) is 38.1 Å². The summed E-state index contributed by atoms with van der Waals surface area (Å²) in [5.41, 5.74) is 1.97. The van der Waals surface area contributed by atoms with Gasteiger partial charge in [-0.25, -0.2) is 0 Å². The highest BCUT2D eigenvalue weighted by molar-refractivity contribution is 5.91. The van der Waals surface area contributed by atoms with E-state index in [1.54, 1.807) is 0 Å². The van der Waals surface area contributed by atoms with Gasteiger partial charge in [0.25, 0.3) is 0 Å². The zero-order chi connectivity index (χ0) is 14.6. The van der Waals surface area contributed by atoms with Gasteiger partial charge in [-0.15, -0.1) is 0 Å². The molecule has 1 aromatic rings. The number of anilines is 1. The lowest BCUT2D eigenvalue weighted by molar-refractivity contribution is -0.116. The molecule has 0 radical (unpaired) electrons. The molecule has 1 fully saturated rings. The molecule has 0 bridgehead atoms. The Labute approximate surface area is 120 Å². The van der Waals surface area contributed by atoms with Crippen molar-refractivity contribution in [3.8, 4) is 0 Å². The van der Waals surface area contributed by atoms with Gasteiger partial charge in [0, 0.05) is 30.3 Å². The first-order valence-corrected chi connectivity index (χ1v) is 7.19. The molecule has 110 valence electrons. The van der Waals surface area contributed by atoms with Crippen molar-refractivity contribution in [1.82, 2.24) is 5.32 Å². The molecule has 20 heavy (non-hydrogen) atoms. The Morgan fingerprint density at radius 1 is 1.45 bits per heavy atom. The second kappa shape index (κ2) is 6.37. The third-order valence-electron chi connectivity index (χ3n) is 3.72. The molecule has 0 aliphatic carbocycles. The second-order valence-corrected chi connectivity index (χ2v) is 5.98. The highest BCUT2D eigenvalue weighted by Crippen LogP contribution is 2.19. The number of ether oxygens (including phenoxy) is 1. The number of rotatable bonds is 5. The third kappa shape index (κ3) is 4.05. The van der Waals surface area contributed by atoms with Crippen LogP contribution in [0.1, 0.15) is 32.3 Å². The molecular weight excluding hydrogens is 252 g/mol. The lowest BCUT2D eigenvalue weighted by Crippen LogP contribution is -2.48. The number of aryl methyl sites for hydroxylation is 1. The van der Waals surface area contributed by atoms with Crippen LogP contribution in [0.4, 0.5) is 5.69 Å². The SMILES string of the molecule is Cc1ccccc1NC(=O)C[C@H](C)N[C@]1(C)CCOC1. The minimum absolute atomic E-state index is 0.00234. The first kappa shape index (κ1) is 15.0. The van der Waals surface area contributed by atoms with E-state index in [0.717, 1.165) is 30.9 Å². The van der Waals surface area contributed by atoms with Gasteiger partial charge >= 0.3 is 0 Å². The van der Waals surface area contributed by atoms with Gasteiger partial charge in [-0.1, -0.05) is 18.2 Å². The number of carbonyl (C=O) groups excluding carboxylic acids is 1. The quantitative estimate of drug-likeness (QED) is 0.868. The molecule has 0 unspecified atom stereocenters. The predicted molar refractivity (Wildman–Crippen MR) is 80.9 cm³/mol. The van der Waals surface area contributed by atoms with E-state index >= 15 is 0 Å². The molecule has 1 saturated heterocycles. The van der Waals surface area contributed by atoms with Gasteiger partial charge in [-0.05, 0) is 38.8 Å². The normalized spacial score (nSPS) is 23.6. The molecule has 1 aliphatic heterocycles. The molecule has 2 rings (SSSR count). The summed E-state index contributed by atoms with van der Waals surface area (Å²) >= 11 is 0. The molecule has 0 spiro atoms. The van der Waals surface area contributed by atoms with Crippen molar-refractivity contribution in [2.75, 3.05) is 18.5 Å². The first-order valence-electron chi connectivity index (χ1n) is 7.19. The van der Waals surface area contributed by atoms with E-state index in [0.29, 0.717) is 6.42 Å². The molecule has 1 aromatic carbocycles. The molecule has 0 saturated carbocycles. The summed E-state index contributed by atoms with van der Waals surface area (Å²) in [7, 11) is 0. The Kier molecular flexibility index (Phi) is 4.78. The van der Waals surface area contributed by atoms with Crippen LogP contribution in [-0.4, -0.2) is 30.7 Å². The van der Waals surface area contributed by atoms with E-state index in [1.165, 1.54) is 0 Å². The highest BCUT2D eigenvalue weighted by atomic mass is 16.5. The van der Waals surface area contributed by atoms with Gasteiger partial charge in [-0.2, -0.15) is 0 Å². The van der Waals surface area contributed by atoms with Gasteiger partial charge in [-0.3, -0.25) is 4.79 Å². The topological polar surface area (TPSA) is 50.4 Å². The molecule has 1 aliphatic rings. The van der Waals surface area contributed by atoms with Crippen LogP contribution in [0.15, 0.2) is 24.3 Å². The van der Waals surface area contributed by atoms with Gasteiger partial charge in [0.2, 0.25) is 5.91 Å². The maximum atomic E-state index is 12.1. The van der Waals surface area contributed by atoms with Crippen LogP contribution in [0.25, 0.3) is 0 Å². The summed E-state index contributed by atoms with van der Waals surface area (Å²) in [6, 6.07) is 7.95. The fourth-order valence-corrected chi connectivity index (χ4v) is 2.62. The van der Waals surface area contributed by atoms with E-state index in [2.05, 4.69) is 17.6 Å². The molecule has 2 atom stereocenters. The fourth-order valence-electron chi connectivity index (χ4n) is 2.62. The maximum Gasteiger partial charge on any atom is 0.225 e. The molecule has 2 N–H and O–H groups in total. The third-order valence-corrected chi connectivity index (χ3v) is 3.72. The van der Waals surface area contributed by atoms with Crippen LogP contribution in [0.3, 0.4) is 0 Å². The van der Waals surface area contributed by atoms with Crippen LogP contribution in [0.2, 0.25) is 0 Å². The van der Waals surface area contributed by atoms with Crippen LogP contribution < -0.4 is 10.6 Å². The number of para-hydroxylation sites is 1. The fraction of sp³-hybridized carbons (Fsp3) is 0.562. The number of nitrogens with one attached hydrogen (secondary N) is 2. The first-order chi connectivity index (χ1) is 9.48. The van der Waals surface area contributed by atoms with Crippen LogP contribution in [0.5, 0.6) is 0 Å². The van der Waals surface area contributed by atoms with Crippen LogP contribution in [0, 0.1) is 6.92 Å². The van der Waals surface area contributed by atoms with Gasteiger partial charge < -0.3 is 15.4 Å². The van der Waals surface area contributed by atoms with E-state index in [4.69, 9.17) is 4.74 Å². The monoisotopic (exact) mass is 276 g/mol. The Bertz CT molecular complexity index is 467. The number of hydrogen-bond acceptors (Lipinski definition) is 3. The van der Waals surface area contributed by atoms with Crippen LogP contribution >= 0.6 is 0 Å². The van der Waals surface area contributed by atoms with Gasteiger partial charge in [0.05, 0.1) is 6.61 Å². The second-order valence-electron chi connectivity index (χ2n) is 5.98. The number of hydrogen-bond donors (Lipinski definition) is 2. The van der Waals surface area contributed by atoms with E-state index in [9.17, 15) is 4.79 Å². The number of benzene rings is 1. The molecule has 4 heteroatoms. The van der Waals surface area contributed by atoms with Gasteiger partial charge in [0.1, 0.15) is 0 Å². The zero-order valence-electron chi connectivity index (χ0n) is 12.5. The number of amides is 1. The zero-order valence-corrected chi connectivity index (χ0v) is 12.5. The summed E-state index contributed by atoms with van der Waals surface area (Å²) in [5, 5.41) is 6.47. The lowest BCUT2D eigenvalue weighted by atomic mass is 10.00. The summed E-state index contributed by atoms with van der Waals surface area (Å²) in [6.07, 6.45) is 1.46. The van der Waals surface area contributed by atoms with Crippen molar-refractivity contribution in [3.05, 3.63) is 29.8 Å². The van der Waals surface area contributed by atoms with E-state index in [-0.39, 0.29) is 17.5 Å². The summed E-state index contributed by atoms with van der Waals surface area (Å²) in [6.45, 7) is 7.70. The Balaban J connectivity index is 1.83. The summed E-state index contributed by atoms with van der Waals surface area (Å²) < 4.78 is 5.41. The average molecular weight is 276 g/mol. The van der Waals surface area contributed by atoms with Crippen molar-refractivity contribution >= 4 is 11.6 Å². The highest BCUT2D eigenvalue weighted by Gasteiger charge is 2.31. The largest absolute Gasteiger partial charge is 0.379 e. The van der Waals surface area contributed by atoms with E-state index < -0.39 is 0 Å². The predicted octanol–water partition coefficient (Wildman–Crippen LogP) is 2.48. The summed E-state index contributed by atoms with van der Waals surface area (Å²) in [4.78, 5) is 12.1. The minimum atomic E-state index is 0.00234.